The van der Waals surface area contributed by atoms with Crippen LogP contribution in [0.4, 0.5) is 0 Å². The summed E-state index contributed by atoms with van der Waals surface area (Å²) in [6.07, 6.45) is 0. The van der Waals surface area contributed by atoms with E-state index < -0.39 is 0 Å². The van der Waals surface area contributed by atoms with Gasteiger partial charge in [0.1, 0.15) is 6.61 Å². The molecule has 0 aliphatic rings. The second-order valence-electron chi connectivity index (χ2n) is 4.09. The molecule has 0 aliphatic heterocycles. The molecule has 0 unspecified atom stereocenters. The molecule has 0 aliphatic carbocycles. The minimum Gasteiger partial charge on any atom is -0.464 e. The number of hydrogen-bond acceptors (Lipinski definition) is 4. The number of hydrogen-bond donors (Lipinski definition) is 1. The van der Waals surface area contributed by atoms with Gasteiger partial charge in [-0.1, -0.05) is 23.7 Å². The van der Waals surface area contributed by atoms with Crippen molar-refractivity contribution in [3.8, 4) is 0 Å². The number of benzene rings is 1. The maximum absolute atomic E-state index is 11.0. The van der Waals surface area contributed by atoms with Gasteiger partial charge in [-0.15, -0.1) is 0 Å². The topological polar surface area (TPSA) is 47.6 Å². The van der Waals surface area contributed by atoms with Crippen LogP contribution in [0.2, 0.25) is 5.02 Å². The zero-order chi connectivity index (χ0) is 14.1. The third-order valence-electron chi connectivity index (χ3n) is 2.57. The van der Waals surface area contributed by atoms with Gasteiger partial charge < -0.3 is 14.8 Å². The van der Waals surface area contributed by atoms with E-state index in [-0.39, 0.29) is 18.6 Å². The summed E-state index contributed by atoms with van der Waals surface area (Å²) in [4.78, 5) is 11.0. The number of nitrogens with one attached hydrogen (secondary N) is 1. The van der Waals surface area contributed by atoms with Gasteiger partial charge in [-0.2, -0.15) is 0 Å². The van der Waals surface area contributed by atoms with Gasteiger partial charge in [0.05, 0.1) is 13.2 Å². The molecule has 1 aromatic carbocycles. The highest BCUT2D eigenvalue weighted by molar-refractivity contribution is 6.30. The van der Waals surface area contributed by atoms with Gasteiger partial charge in [0.2, 0.25) is 0 Å². The van der Waals surface area contributed by atoms with Gasteiger partial charge in [-0.25, -0.2) is 4.79 Å². The van der Waals surface area contributed by atoms with E-state index in [0.29, 0.717) is 19.8 Å². The van der Waals surface area contributed by atoms with Crippen molar-refractivity contribution in [2.45, 2.75) is 19.9 Å². The van der Waals surface area contributed by atoms with E-state index in [1.54, 1.807) is 6.92 Å². The van der Waals surface area contributed by atoms with E-state index in [1.165, 1.54) is 0 Å². The zero-order valence-electron chi connectivity index (χ0n) is 11.3. The molecule has 0 saturated carbocycles. The Balaban J connectivity index is 2.17. The van der Waals surface area contributed by atoms with Crippen molar-refractivity contribution < 1.29 is 14.3 Å². The summed E-state index contributed by atoms with van der Waals surface area (Å²) in [6, 6.07) is 7.90. The molecule has 0 heterocycles. The van der Waals surface area contributed by atoms with Crippen LogP contribution in [-0.2, 0) is 14.3 Å². The lowest BCUT2D eigenvalue weighted by atomic mass is 10.1. The highest BCUT2D eigenvalue weighted by Crippen LogP contribution is 2.16. The molecule has 0 bridgehead atoms. The van der Waals surface area contributed by atoms with Crippen molar-refractivity contribution in [2.75, 3.05) is 26.4 Å². The molecular weight excluding hydrogens is 266 g/mol. The Labute approximate surface area is 119 Å². The van der Waals surface area contributed by atoms with E-state index >= 15 is 0 Å². The molecule has 5 heteroatoms. The molecule has 0 aromatic heterocycles. The lowest BCUT2D eigenvalue weighted by Crippen LogP contribution is -2.24. The van der Waals surface area contributed by atoms with Crippen molar-refractivity contribution >= 4 is 17.6 Å². The van der Waals surface area contributed by atoms with Gasteiger partial charge in [0.15, 0.2) is 0 Å². The van der Waals surface area contributed by atoms with Gasteiger partial charge in [0, 0.05) is 17.6 Å². The third-order valence-corrected chi connectivity index (χ3v) is 2.81. The molecule has 1 N–H and O–H groups in total. The smallest absolute Gasteiger partial charge is 0.332 e. The van der Waals surface area contributed by atoms with Crippen molar-refractivity contribution in [3.05, 3.63) is 34.9 Å². The fourth-order valence-corrected chi connectivity index (χ4v) is 1.80. The van der Waals surface area contributed by atoms with E-state index in [2.05, 4.69) is 12.2 Å². The maximum Gasteiger partial charge on any atom is 0.332 e. The Kier molecular flexibility index (Phi) is 7.48. The van der Waals surface area contributed by atoms with Crippen LogP contribution in [0.15, 0.2) is 24.3 Å². The summed E-state index contributed by atoms with van der Waals surface area (Å²) in [5, 5.41) is 4.02. The molecule has 0 saturated heterocycles. The van der Waals surface area contributed by atoms with Crippen molar-refractivity contribution in [2.24, 2.45) is 0 Å². The fraction of sp³-hybridized carbons (Fsp3) is 0.500. The van der Waals surface area contributed by atoms with Gasteiger partial charge in [-0.05, 0) is 31.5 Å². The van der Waals surface area contributed by atoms with Crippen LogP contribution >= 0.6 is 11.6 Å². The quantitative estimate of drug-likeness (QED) is 0.589. The summed E-state index contributed by atoms with van der Waals surface area (Å²) in [6.45, 7) is 5.33. The molecule has 0 spiro atoms. The Morgan fingerprint density at radius 1 is 1.47 bits per heavy atom. The van der Waals surface area contributed by atoms with E-state index in [1.807, 2.05) is 24.3 Å². The predicted molar refractivity (Wildman–Crippen MR) is 75.3 cm³/mol. The number of carbonyl (C=O) groups is 1. The maximum atomic E-state index is 11.0. The molecule has 4 nitrogen and oxygen atoms in total. The summed E-state index contributed by atoms with van der Waals surface area (Å²) in [5.74, 6) is -0.328. The Morgan fingerprint density at radius 2 is 2.26 bits per heavy atom. The minimum atomic E-state index is -0.328. The fourth-order valence-electron chi connectivity index (χ4n) is 1.60. The molecule has 19 heavy (non-hydrogen) atoms. The summed E-state index contributed by atoms with van der Waals surface area (Å²) < 4.78 is 9.95. The largest absolute Gasteiger partial charge is 0.464 e. The summed E-state index contributed by atoms with van der Waals surface area (Å²) in [5.41, 5.74) is 1.12. The molecular formula is C14H20ClNO3. The molecule has 1 atom stereocenters. The van der Waals surface area contributed by atoms with Crippen LogP contribution in [0.3, 0.4) is 0 Å². The van der Waals surface area contributed by atoms with Crippen LogP contribution in [0, 0.1) is 0 Å². The van der Waals surface area contributed by atoms with Crippen molar-refractivity contribution in [1.29, 1.82) is 0 Å². The SMILES string of the molecule is CCOC(=O)COCCN[C@H](C)c1cccc(Cl)c1. The monoisotopic (exact) mass is 285 g/mol. The minimum absolute atomic E-state index is 0.00106. The number of halogens is 1. The highest BCUT2D eigenvalue weighted by Gasteiger charge is 2.05. The molecule has 0 radical (unpaired) electrons. The molecule has 1 rings (SSSR count). The average Bonchev–Trinajstić information content (AvgIpc) is 2.38. The van der Waals surface area contributed by atoms with Gasteiger partial charge >= 0.3 is 5.97 Å². The molecule has 106 valence electrons. The normalized spacial score (nSPS) is 12.2. The first kappa shape index (κ1) is 16.0. The van der Waals surface area contributed by atoms with Gasteiger partial charge in [-0.3, -0.25) is 0 Å². The zero-order valence-corrected chi connectivity index (χ0v) is 12.1. The number of carbonyl (C=O) groups excluding carboxylic acids is 1. The van der Waals surface area contributed by atoms with Crippen LogP contribution < -0.4 is 5.32 Å². The highest BCUT2D eigenvalue weighted by atomic mass is 35.5. The van der Waals surface area contributed by atoms with Crippen molar-refractivity contribution in [3.63, 3.8) is 0 Å². The lowest BCUT2D eigenvalue weighted by Gasteiger charge is -2.14. The Hall–Kier alpha value is -1.10. The van der Waals surface area contributed by atoms with Crippen LogP contribution in [-0.4, -0.2) is 32.3 Å². The van der Waals surface area contributed by atoms with Crippen molar-refractivity contribution in [1.82, 2.24) is 5.32 Å². The van der Waals surface area contributed by atoms with E-state index in [0.717, 1.165) is 10.6 Å². The van der Waals surface area contributed by atoms with Crippen LogP contribution in [0.25, 0.3) is 0 Å². The average molecular weight is 286 g/mol. The predicted octanol–water partition coefficient (Wildman–Crippen LogP) is 2.57. The molecule has 0 amide bonds. The van der Waals surface area contributed by atoms with Crippen LogP contribution in [0.1, 0.15) is 25.5 Å². The first-order valence-corrected chi connectivity index (χ1v) is 6.73. The van der Waals surface area contributed by atoms with E-state index in [9.17, 15) is 4.79 Å². The standard InChI is InChI=1S/C14H20ClNO3/c1-3-19-14(17)10-18-8-7-16-11(2)12-5-4-6-13(15)9-12/h4-6,9,11,16H,3,7-8,10H2,1-2H3/t11-/m1/s1. The third kappa shape index (κ3) is 6.57. The van der Waals surface area contributed by atoms with Gasteiger partial charge in [0.25, 0.3) is 0 Å². The number of ether oxygens (including phenoxy) is 2. The summed E-state index contributed by atoms with van der Waals surface area (Å²) in [7, 11) is 0. The summed E-state index contributed by atoms with van der Waals surface area (Å²) >= 11 is 5.93. The molecule has 0 fully saturated rings. The first-order chi connectivity index (χ1) is 9.13. The number of rotatable bonds is 8. The lowest BCUT2D eigenvalue weighted by molar-refractivity contribution is -0.148. The number of esters is 1. The first-order valence-electron chi connectivity index (χ1n) is 6.35. The molecule has 1 aromatic rings. The Bertz CT molecular complexity index is 398. The van der Waals surface area contributed by atoms with E-state index in [4.69, 9.17) is 21.1 Å². The van der Waals surface area contributed by atoms with Crippen LogP contribution in [0.5, 0.6) is 0 Å². The second-order valence-corrected chi connectivity index (χ2v) is 4.52. The Morgan fingerprint density at radius 3 is 2.95 bits per heavy atom. The second kappa shape index (κ2) is 8.91.